The van der Waals surface area contributed by atoms with Crippen LogP contribution in [0.1, 0.15) is 30.5 Å². The summed E-state index contributed by atoms with van der Waals surface area (Å²) in [5.41, 5.74) is 3.44. The van der Waals surface area contributed by atoms with Gasteiger partial charge in [-0.25, -0.2) is 0 Å². The predicted molar refractivity (Wildman–Crippen MR) is 80.7 cm³/mol. The van der Waals surface area contributed by atoms with Crippen LogP contribution < -0.4 is 10.1 Å². The van der Waals surface area contributed by atoms with Crippen molar-refractivity contribution in [3.63, 3.8) is 0 Å². The first-order valence-corrected chi connectivity index (χ1v) is 6.98. The van der Waals surface area contributed by atoms with E-state index < -0.39 is 0 Å². The Morgan fingerprint density at radius 2 is 2.15 bits per heavy atom. The minimum Gasteiger partial charge on any atom is -0.488 e. The number of benzene rings is 1. The lowest BCUT2D eigenvalue weighted by atomic mass is 10.1. The van der Waals surface area contributed by atoms with Crippen LogP contribution in [0.4, 0.5) is 0 Å². The first-order chi connectivity index (χ1) is 9.56. The Balaban J connectivity index is 2.08. The number of para-hydroxylation sites is 1. The minimum atomic E-state index is 0.460. The Hall–Kier alpha value is -1.81. The maximum absolute atomic E-state index is 6.01. The molecule has 0 saturated carbocycles. The third-order valence-corrected chi connectivity index (χ3v) is 3.14. The SMILES string of the molecule is Cc1cccc(CNC(C)C)c1OCc1cnn(C)c1. The number of hydrogen-bond acceptors (Lipinski definition) is 3. The van der Waals surface area contributed by atoms with Gasteiger partial charge in [0.15, 0.2) is 0 Å². The third kappa shape index (κ3) is 3.84. The highest BCUT2D eigenvalue weighted by molar-refractivity contribution is 5.40. The van der Waals surface area contributed by atoms with Crippen molar-refractivity contribution in [2.24, 2.45) is 7.05 Å². The van der Waals surface area contributed by atoms with Crippen molar-refractivity contribution in [2.75, 3.05) is 0 Å². The second-order valence-corrected chi connectivity index (χ2v) is 5.41. The summed E-state index contributed by atoms with van der Waals surface area (Å²) < 4.78 is 7.80. The predicted octanol–water partition coefficient (Wildman–Crippen LogP) is 2.81. The topological polar surface area (TPSA) is 39.1 Å². The fraction of sp³-hybridized carbons (Fsp3) is 0.438. The molecule has 0 unspecified atom stereocenters. The summed E-state index contributed by atoms with van der Waals surface area (Å²) in [5.74, 6) is 0.976. The second kappa shape index (κ2) is 6.57. The average Bonchev–Trinajstić information content (AvgIpc) is 2.81. The lowest BCUT2D eigenvalue weighted by Crippen LogP contribution is -2.22. The van der Waals surface area contributed by atoms with E-state index in [2.05, 4.69) is 49.4 Å². The van der Waals surface area contributed by atoms with Crippen molar-refractivity contribution in [1.82, 2.24) is 15.1 Å². The fourth-order valence-corrected chi connectivity index (χ4v) is 2.07. The van der Waals surface area contributed by atoms with E-state index in [1.54, 1.807) is 4.68 Å². The molecule has 0 fully saturated rings. The summed E-state index contributed by atoms with van der Waals surface area (Å²) in [7, 11) is 1.91. The second-order valence-electron chi connectivity index (χ2n) is 5.41. The summed E-state index contributed by atoms with van der Waals surface area (Å²) in [5, 5.41) is 7.59. The molecule has 108 valence electrons. The van der Waals surface area contributed by atoms with Crippen LogP contribution in [0.3, 0.4) is 0 Å². The van der Waals surface area contributed by atoms with Gasteiger partial charge in [0.2, 0.25) is 0 Å². The first kappa shape index (κ1) is 14.6. The number of ether oxygens (including phenoxy) is 1. The molecular formula is C16H23N3O. The maximum atomic E-state index is 6.01. The van der Waals surface area contributed by atoms with Gasteiger partial charge >= 0.3 is 0 Å². The number of rotatable bonds is 6. The van der Waals surface area contributed by atoms with E-state index in [1.165, 1.54) is 5.56 Å². The average molecular weight is 273 g/mol. The molecule has 0 spiro atoms. The van der Waals surface area contributed by atoms with Crippen LogP contribution in [-0.2, 0) is 20.2 Å². The Bertz CT molecular complexity index is 561. The van der Waals surface area contributed by atoms with Crippen LogP contribution in [0.5, 0.6) is 5.75 Å². The van der Waals surface area contributed by atoms with Gasteiger partial charge in [0, 0.05) is 37.0 Å². The summed E-state index contributed by atoms with van der Waals surface area (Å²) in [6, 6.07) is 6.73. The van der Waals surface area contributed by atoms with E-state index in [4.69, 9.17) is 4.74 Å². The molecule has 0 aliphatic heterocycles. The van der Waals surface area contributed by atoms with Crippen molar-refractivity contribution in [1.29, 1.82) is 0 Å². The monoisotopic (exact) mass is 273 g/mol. The molecule has 1 aromatic heterocycles. The zero-order chi connectivity index (χ0) is 14.5. The van der Waals surface area contributed by atoms with Gasteiger partial charge < -0.3 is 10.1 Å². The van der Waals surface area contributed by atoms with E-state index in [1.807, 2.05) is 19.4 Å². The van der Waals surface area contributed by atoms with Crippen LogP contribution >= 0.6 is 0 Å². The molecule has 20 heavy (non-hydrogen) atoms. The zero-order valence-corrected chi connectivity index (χ0v) is 12.7. The number of aryl methyl sites for hydroxylation is 2. The van der Waals surface area contributed by atoms with Crippen LogP contribution in [0.15, 0.2) is 30.6 Å². The molecule has 4 heteroatoms. The van der Waals surface area contributed by atoms with Crippen LogP contribution in [-0.4, -0.2) is 15.8 Å². The Morgan fingerprint density at radius 1 is 1.35 bits per heavy atom. The van der Waals surface area contributed by atoms with Crippen molar-refractivity contribution in [3.8, 4) is 5.75 Å². The van der Waals surface area contributed by atoms with E-state index in [0.717, 1.165) is 23.4 Å². The number of hydrogen-bond donors (Lipinski definition) is 1. The van der Waals surface area contributed by atoms with Crippen molar-refractivity contribution in [2.45, 2.75) is 40.0 Å². The molecule has 0 aliphatic rings. The molecule has 0 saturated heterocycles. The molecule has 1 heterocycles. The summed E-state index contributed by atoms with van der Waals surface area (Å²) in [6.45, 7) is 7.74. The number of nitrogens with one attached hydrogen (secondary N) is 1. The van der Waals surface area contributed by atoms with Gasteiger partial charge in [0.05, 0.1) is 6.20 Å². The van der Waals surface area contributed by atoms with E-state index in [9.17, 15) is 0 Å². The van der Waals surface area contributed by atoms with Crippen molar-refractivity contribution < 1.29 is 4.74 Å². The molecule has 0 atom stereocenters. The zero-order valence-electron chi connectivity index (χ0n) is 12.7. The Morgan fingerprint density at radius 3 is 2.80 bits per heavy atom. The molecule has 0 radical (unpaired) electrons. The maximum Gasteiger partial charge on any atom is 0.127 e. The van der Waals surface area contributed by atoms with Crippen LogP contribution in [0.25, 0.3) is 0 Å². The third-order valence-electron chi connectivity index (χ3n) is 3.14. The molecule has 2 rings (SSSR count). The van der Waals surface area contributed by atoms with Gasteiger partial charge in [-0.15, -0.1) is 0 Å². The van der Waals surface area contributed by atoms with Gasteiger partial charge in [-0.2, -0.15) is 5.10 Å². The highest BCUT2D eigenvalue weighted by atomic mass is 16.5. The first-order valence-electron chi connectivity index (χ1n) is 6.98. The summed E-state index contributed by atoms with van der Waals surface area (Å²) in [6.07, 6.45) is 3.81. The number of aromatic nitrogens is 2. The lowest BCUT2D eigenvalue weighted by molar-refractivity contribution is 0.299. The van der Waals surface area contributed by atoms with Gasteiger partial charge in [-0.3, -0.25) is 4.68 Å². The van der Waals surface area contributed by atoms with Gasteiger partial charge in [-0.1, -0.05) is 32.0 Å². The summed E-state index contributed by atoms with van der Waals surface area (Å²) >= 11 is 0. The normalized spacial score (nSPS) is 11.1. The molecule has 2 aromatic rings. The molecule has 1 aromatic carbocycles. The highest BCUT2D eigenvalue weighted by Crippen LogP contribution is 2.24. The molecule has 0 aliphatic carbocycles. The Kier molecular flexibility index (Phi) is 4.79. The van der Waals surface area contributed by atoms with Gasteiger partial charge in [0.1, 0.15) is 12.4 Å². The molecule has 4 nitrogen and oxygen atoms in total. The lowest BCUT2D eigenvalue weighted by Gasteiger charge is -2.15. The molecule has 0 amide bonds. The Labute approximate surface area is 120 Å². The highest BCUT2D eigenvalue weighted by Gasteiger charge is 2.08. The quantitative estimate of drug-likeness (QED) is 0.879. The molecular weight excluding hydrogens is 250 g/mol. The van der Waals surface area contributed by atoms with Crippen molar-refractivity contribution in [3.05, 3.63) is 47.3 Å². The minimum absolute atomic E-state index is 0.460. The molecule has 0 bridgehead atoms. The van der Waals surface area contributed by atoms with E-state index in [-0.39, 0.29) is 0 Å². The van der Waals surface area contributed by atoms with Crippen molar-refractivity contribution >= 4 is 0 Å². The largest absolute Gasteiger partial charge is 0.488 e. The van der Waals surface area contributed by atoms with Crippen LogP contribution in [0.2, 0.25) is 0 Å². The van der Waals surface area contributed by atoms with Gasteiger partial charge in [0.25, 0.3) is 0 Å². The molecule has 1 N–H and O–H groups in total. The fourth-order valence-electron chi connectivity index (χ4n) is 2.07. The van der Waals surface area contributed by atoms with Gasteiger partial charge in [-0.05, 0) is 12.5 Å². The standard InChI is InChI=1S/C16H23N3O/c1-12(2)17-9-15-7-5-6-13(3)16(15)20-11-14-8-18-19(4)10-14/h5-8,10,12,17H,9,11H2,1-4H3. The summed E-state index contributed by atoms with van der Waals surface area (Å²) in [4.78, 5) is 0. The van der Waals surface area contributed by atoms with E-state index >= 15 is 0 Å². The van der Waals surface area contributed by atoms with Crippen LogP contribution in [0, 0.1) is 6.92 Å². The smallest absolute Gasteiger partial charge is 0.127 e. The van der Waals surface area contributed by atoms with E-state index in [0.29, 0.717) is 12.6 Å². The number of nitrogens with zero attached hydrogens (tertiary/aromatic N) is 2.